The molecule has 2 unspecified atom stereocenters. The Kier molecular flexibility index (Phi) is 7.29. The summed E-state index contributed by atoms with van der Waals surface area (Å²) in [5.74, 6) is 0.352. The molecule has 3 nitrogen and oxygen atoms in total. The number of primary amides is 1. The van der Waals surface area contributed by atoms with E-state index in [2.05, 4.69) is 74.6 Å². The van der Waals surface area contributed by atoms with E-state index in [1.165, 1.54) is 49.0 Å². The second-order valence-corrected chi connectivity index (χ2v) is 10.1. The lowest BCUT2D eigenvalue weighted by Gasteiger charge is -2.32. The number of likely N-dealkylation sites (tertiary alicyclic amines) is 1. The van der Waals surface area contributed by atoms with E-state index in [4.69, 9.17) is 5.73 Å². The Bertz CT molecular complexity index is 1060. The van der Waals surface area contributed by atoms with Gasteiger partial charge in [0.25, 0.3) is 0 Å². The van der Waals surface area contributed by atoms with Crippen molar-refractivity contribution < 1.29 is 9.28 Å². The summed E-state index contributed by atoms with van der Waals surface area (Å²) in [6.07, 6.45) is 4.79. The number of benzene rings is 3. The van der Waals surface area contributed by atoms with Crippen LogP contribution in [-0.4, -0.2) is 37.1 Å². The van der Waals surface area contributed by atoms with Crippen LogP contribution in [0.5, 0.6) is 0 Å². The molecule has 3 aromatic carbocycles. The van der Waals surface area contributed by atoms with Crippen LogP contribution in [0, 0.1) is 12.8 Å². The molecule has 3 atom stereocenters. The van der Waals surface area contributed by atoms with Crippen molar-refractivity contribution in [2.24, 2.45) is 11.7 Å². The van der Waals surface area contributed by atoms with Gasteiger partial charge in [0.2, 0.25) is 5.91 Å². The fraction of sp³-hybridized carbons (Fsp3) is 0.367. The van der Waals surface area contributed by atoms with Gasteiger partial charge < -0.3 is 10.2 Å². The highest BCUT2D eigenvalue weighted by Gasteiger charge is 2.40. The number of rotatable bonds is 9. The Morgan fingerprint density at radius 1 is 0.970 bits per heavy atom. The maximum atomic E-state index is 12.3. The molecule has 0 bridgehead atoms. The van der Waals surface area contributed by atoms with Crippen LogP contribution >= 0.6 is 0 Å². The van der Waals surface area contributed by atoms with Crippen molar-refractivity contribution in [1.29, 1.82) is 0 Å². The lowest BCUT2D eigenvalue weighted by molar-refractivity contribution is -0.899. The van der Waals surface area contributed by atoms with Crippen LogP contribution in [0.25, 0.3) is 0 Å². The van der Waals surface area contributed by atoms with E-state index in [-0.39, 0.29) is 11.8 Å². The smallest absolute Gasteiger partial charge is 0.248 e. The van der Waals surface area contributed by atoms with Crippen molar-refractivity contribution in [2.45, 2.75) is 38.5 Å². The van der Waals surface area contributed by atoms with Crippen molar-refractivity contribution in [1.82, 2.24) is 0 Å². The zero-order valence-electron chi connectivity index (χ0n) is 20.0. The Morgan fingerprint density at radius 3 is 2.39 bits per heavy atom. The number of carbonyl (C=O) groups excluding carboxylic acids is 1. The first-order chi connectivity index (χ1) is 16.0. The van der Waals surface area contributed by atoms with Crippen LogP contribution in [0.3, 0.4) is 0 Å². The molecule has 1 saturated heterocycles. The van der Waals surface area contributed by atoms with Crippen molar-refractivity contribution >= 4 is 5.91 Å². The third-order valence-corrected chi connectivity index (χ3v) is 7.44. The average Bonchev–Trinajstić information content (AvgIpc) is 3.21. The third-order valence-electron chi connectivity index (χ3n) is 7.44. The van der Waals surface area contributed by atoms with Crippen molar-refractivity contribution in [3.63, 3.8) is 0 Å². The van der Waals surface area contributed by atoms with Crippen molar-refractivity contribution in [3.05, 3.63) is 107 Å². The molecular weight excluding hydrogens is 404 g/mol. The second kappa shape index (κ2) is 10.4. The Labute approximate surface area is 198 Å². The monoisotopic (exact) mass is 441 g/mol. The number of quaternary nitrogens is 1. The highest BCUT2D eigenvalue weighted by atomic mass is 16.1. The van der Waals surface area contributed by atoms with Crippen molar-refractivity contribution in [3.8, 4) is 0 Å². The normalized spacial score (nSPS) is 21.1. The van der Waals surface area contributed by atoms with E-state index >= 15 is 0 Å². The van der Waals surface area contributed by atoms with E-state index < -0.39 is 0 Å². The van der Waals surface area contributed by atoms with Crippen LogP contribution in [0.1, 0.15) is 57.8 Å². The first kappa shape index (κ1) is 23.3. The molecule has 4 rings (SSSR count). The van der Waals surface area contributed by atoms with Crippen LogP contribution in [0.2, 0.25) is 0 Å². The fourth-order valence-electron chi connectivity index (χ4n) is 5.64. The predicted molar refractivity (Wildman–Crippen MR) is 136 cm³/mol. The summed E-state index contributed by atoms with van der Waals surface area (Å²) >= 11 is 0. The molecule has 0 aromatic heterocycles. The van der Waals surface area contributed by atoms with Crippen LogP contribution in [-0.2, 0) is 6.42 Å². The standard InChI is InChI=1S/C30H36N2O/c1-23-15-17-25(18-16-23)29(27-13-6-7-14-28(27)30(31)33)26-19-21-32(2,22-26)20-9-8-12-24-10-4-3-5-11-24/h3-7,10-11,13-18,26,29H,8-9,12,19-22H2,1-2H3,(H-,31,33)/p+1/t26?,29?,32-/m0/s1. The van der Waals surface area contributed by atoms with Gasteiger partial charge in [0.1, 0.15) is 0 Å². The Balaban J connectivity index is 1.50. The summed E-state index contributed by atoms with van der Waals surface area (Å²) in [5.41, 5.74) is 11.5. The minimum Gasteiger partial charge on any atom is -0.366 e. The molecule has 0 spiro atoms. The van der Waals surface area contributed by atoms with Gasteiger partial charge in [-0.05, 0) is 48.9 Å². The molecule has 0 saturated carbocycles. The number of unbranched alkanes of at least 4 members (excludes halogenated alkanes) is 1. The highest BCUT2D eigenvalue weighted by Crippen LogP contribution is 2.40. The summed E-state index contributed by atoms with van der Waals surface area (Å²) in [5, 5.41) is 0. The van der Waals surface area contributed by atoms with Crippen LogP contribution in [0.15, 0.2) is 78.9 Å². The third kappa shape index (κ3) is 5.72. The number of carbonyl (C=O) groups is 1. The summed E-state index contributed by atoms with van der Waals surface area (Å²) < 4.78 is 1.11. The largest absolute Gasteiger partial charge is 0.366 e. The molecule has 3 heteroatoms. The van der Waals surface area contributed by atoms with E-state index in [9.17, 15) is 4.79 Å². The second-order valence-electron chi connectivity index (χ2n) is 10.1. The van der Waals surface area contributed by atoms with Gasteiger partial charge in [-0.15, -0.1) is 0 Å². The highest BCUT2D eigenvalue weighted by molar-refractivity contribution is 5.94. The number of aryl methyl sites for hydroxylation is 2. The zero-order chi connectivity index (χ0) is 23.3. The maximum absolute atomic E-state index is 12.3. The van der Waals surface area contributed by atoms with Crippen molar-refractivity contribution in [2.75, 3.05) is 26.7 Å². The Morgan fingerprint density at radius 2 is 1.67 bits per heavy atom. The van der Waals surface area contributed by atoms with Gasteiger partial charge in [-0.25, -0.2) is 0 Å². The predicted octanol–water partition coefficient (Wildman–Crippen LogP) is 5.72. The number of amides is 1. The molecule has 172 valence electrons. The first-order valence-electron chi connectivity index (χ1n) is 12.3. The van der Waals surface area contributed by atoms with Gasteiger partial charge in [0, 0.05) is 23.8 Å². The molecule has 1 aliphatic rings. The van der Waals surface area contributed by atoms with E-state index in [1.807, 2.05) is 18.2 Å². The number of nitrogens with two attached hydrogens (primary N) is 1. The molecule has 0 aliphatic carbocycles. The summed E-state index contributed by atoms with van der Waals surface area (Å²) in [4.78, 5) is 12.3. The lowest BCUT2D eigenvalue weighted by atomic mass is 9.78. The summed E-state index contributed by atoms with van der Waals surface area (Å²) in [6, 6.07) is 27.6. The molecule has 33 heavy (non-hydrogen) atoms. The first-order valence-corrected chi connectivity index (χ1v) is 12.3. The Hall–Kier alpha value is -2.91. The van der Waals surface area contributed by atoms with E-state index in [0.717, 1.165) is 23.0 Å². The molecule has 1 heterocycles. The minimum atomic E-state index is -0.334. The molecule has 1 fully saturated rings. The van der Waals surface area contributed by atoms with Gasteiger partial charge in [-0.3, -0.25) is 4.79 Å². The van der Waals surface area contributed by atoms with Gasteiger partial charge >= 0.3 is 0 Å². The van der Waals surface area contributed by atoms with E-state index in [0.29, 0.717) is 11.5 Å². The molecule has 2 N–H and O–H groups in total. The lowest BCUT2D eigenvalue weighted by Crippen LogP contribution is -2.43. The molecule has 0 radical (unpaired) electrons. The summed E-state index contributed by atoms with van der Waals surface area (Å²) in [7, 11) is 2.41. The zero-order valence-corrected chi connectivity index (χ0v) is 20.0. The molecular formula is C30H37N2O+. The van der Waals surface area contributed by atoms with Crippen LogP contribution < -0.4 is 5.73 Å². The average molecular weight is 442 g/mol. The summed E-state index contributed by atoms with van der Waals surface area (Å²) in [6.45, 7) is 5.66. The molecule has 1 aliphatic heterocycles. The number of hydrogen-bond donors (Lipinski definition) is 1. The van der Waals surface area contributed by atoms with Gasteiger partial charge in [-0.1, -0.05) is 78.4 Å². The van der Waals surface area contributed by atoms with Crippen LogP contribution in [0.4, 0.5) is 0 Å². The molecule has 1 amide bonds. The van der Waals surface area contributed by atoms with Gasteiger partial charge in [0.05, 0.1) is 26.7 Å². The maximum Gasteiger partial charge on any atom is 0.248 e. The SMILES string of the molecule is Cc1ccc(C(c2ccccc2C(N)=O)C2CC[N@+](C)(CCCCc3ccccc3)C2)cc1. The topological polar surface area (TPSA) is 43.1 Å². The molecule has 3 aromatic rings. The van der Waals surface area contributed by atoms with E-state index in [1.54, 1.807) is 0 Å². The number of hydrogen-bond acceptors (Lipinski definition) is 1. The van der Waals surface area contributed by atoms with Gasteiger partial charge in [0.15, 0.2) is 0 Å². The quantitative estimate of drug-likeness (QED) is 0.335. The number of nitrogens with zero attached hydrogens (tertiary/aromatic N) is 1. The fourth-order valence-corrected chi connectivity index (χ4v) is 5.64. The van der Waals surface area contributed by atoms with Gasteiger partial charge in [-0.2, -0.15) is 0 Å². The minimum absolute atomic E-state index is 0.193.